The Kier molecular flexibility index (Phi) is 15.4. The Morgan fingerprint density at radius 3 is 1.17 bits per heavy atom. The molecule has 0 aliphatic carbocycles. The van der Waals surface area contributed by atoms with Crippen LogP contribution in [0.2, 0.25) is 0 Å². The molecule has 0 atom stereocenters. The molecule has 16 heteroatoms. The van der Waals surface area contributed by atoms with Gasteiger partial charge < -0.3 is 30.6 Å². The van der Waals surface area contributed by atoms with Crippen molar-refractivity contribution in [2.24, 2.45) is 9.98 Å². The summed E-state index contributed by atoms with van der Waals surface area (Å²) in [5.41, 5.74) is 6.53. The Labute approximate surface area is 305 Å². The Hall–Kier alpha value is -5.16. The van der Waals surface area contributed by atoms with Gasteiger partial charge >= 0.3 is 0 Å². The summed E-state index contributed by atoms with van der Waals surface area (Å²) in [5.74, 6) is 2.51. The SMILES string of the molecule is CS(=O)(=O)O.CS(=O)(=O)O.Cc1ccc(N(CC2=NCCN2)c2cccc(O)c2)cc1.Cc1ccc(N(CC2=NCCN2)c2cccc(O)c2)cc1. The molecule has 6 rings (SSSR count). The Morgan fingerprint density at radius 2 is 0.904 bits per heavy atom. The van der Waals surface area contributed by atoms with Crippen LogP contribution in [0.1, 0.15) is 11.1 Å². The van der Waals surface area contributed by atoms with E-state index in [1.54, 1.807) is 24.3 Å². The molecular formula is C36H46N6O8S2. The predicted molar refractivity (Wildman–Crippen MR) is 208 cm³/mol. The number of nitrogens with zero attached hydrogens (tertiary/aromatic N) is 4. The van der Waals surface area contributed by atoms with Gasteiger partial charge in [-0.15, -0.1) is 0 Å². The Bertz CT molecular complexity index is 1860. The van der Waals surface area contributed by atoms with Crippen LogP contribution in [0.5, 0.6) is 11.5 Å². The zero-order valence-electron chi connectivity index (χ0n) is 29.5. The van der Waals surface area contributed by atoms with Crippen LogP contribution in [-0.2, 0) is 20.2 Å². The standard InChI is InChI=1S/2C17H19N3O.2CH4O3S/c2*1-13-5-7-14(8-6-13)20(12-17-18-9-10-19-17)15-3-2-4-16(21)11-15;2*1-5(2,3)4/h2*2-8,11,21H,9-10,12H2,1H3,(H,18,19);2*1H3,(H,2,3,4). The van der Waals surface area contributed by atoms with Crippen molar-refractivity contribution in [1.29, 1.82) is 0 Å². The van der Waals surface area contributed by atoms with Crippen LogP contribution >= 0.6 is 0 Å². The van der Waals surface area contributed by atoms with Gasteiger partial charge in [0.15, 0.2) is 0 Å². The number of phenols is 2. The largest absolute Gasteiger partial charge is 0.508 e. The van der Waals surface area contributed by atoms with Gasteiger partial charge in [0.25, 0.3) is 20.2 Å². The summed E-state index contributed by atoms with van der Waals surface area (Å²) in [4.78, 5) is 13.2. The lowest BCUT2D eigenvalue weighted by Gasteiger charge is -2.25. The molecule has 0 saturated carbocycles. The average Bonchev–Trinajstić information content (AvgIpc) is 3.77. The van der Waals surface area contributed by atoms with E-state index in [-0.39, 0.29) is 11.5 Å². The van der Waals surface area contributed by atoms with Crippen LogP contribution in [0.4, 0.5) is 22.7 Å². The first-order valence-corrected chi connectivity index (χ1v) is 19.8. The highest BCUT2D eigenvalue weighted by Gasteiger charge is 2.16. The summed E-state index contributed by atoms with van der Waals surface area (Å²) >= 11 is 0. The van der Waals surface area contributed by atoms with E-state index >= 15 is 0 Å². The molecule has 2 aliphatic rings. The molecule has 4 aromatic carbocycles. The number of anilines is 4. The first-order chi connectivity index (χ1) is 24.4. The van der Waals surface area contributed by atoms with Gasteiger partial charge in [-0.05, 0) is 62.4 Å². The minimum Gasteiger partial charge on any atom is -0.508 e. The van der Waals surface area contributed by atoms with Crippen molar-refractivity contribution in [3.63, 3.8) is 0 Å². The highest BCUT2D eigenvalue weighted by atomic mass is 32.2. The third-order valence-corrected chi connectivity index (χ3v) is 7.08. The van der Waals surface area contributed by atoms with Gasteiger partial charge in [-0.1, -0.05) is 47.5 Å². The van der Waals surface area contributed by atoms with Crippen molar-refractivity contribution in [2.45, 2.75) is 13.8 Å². The lowest BCUT2D eigenvalue weighted by molar-refractivity contribution is 0.475. The first-order valence-electron chi connectivity index (χ1n) is 16.1. The van der Waals surface area contributed by atoms with Crippen molar-refractivity contribution in [3.8, 4) is 11.5 Å². The number of amidine groups is 2. The highest BCUT2D eigenvalue weighted by molar-refractivity contribution is 7.85. The predicted octanol–water partition coefficient (Wildman–Crippen LogP) is 4.69. The molecule has 2 heterocycles. The first kappa shape index (κ1) is 41.3. The summed E-state index contributed by atoms with van der Waals surface area (Å²) in [6.45, 7) is 8.96. The summed E-state index contributed by atoms with van der Waals surface area (Å²) in [7, 11) is -7.33. The van der Waals surface area contributed by atoms with Crippen LogP contribution in [0, 0.1) is 13.8 Å². The van der Waals surface area contributed by atoms with E-state index in [1.165, 1.54) is 11.1 Å². The zero-order chi connectivity index (χ0) is 38.3. The lowest BCUT2D eigenvalue weighted by Crippen LogP contribution is -2.32. The molecule has 0 spiro atoms. The van der Waals surface area contributed by atoms with Gasteiger partial charge in [-0.3, -0.25) is 19.1 Å². The topological polar surface area (TPSA) is 204 Å². The van der Waals surface area contributed by atoms with Crippen molar-refractivity contribution >= 4 is 54.7 Å². The van der Waals surface area contributed by atoms with Crippen molar-refractivity contribution < 1.29 is 36.2 Å². The molecule has 6 N–H and O–H groups in total. The van der Waals surface area contributed by atoms with E-state index in [0.29, 0.717) is 25.6 Å². The molecule has 0 fully saturated rings. The second-order valence-electron chi connectivity index (χ2n) is 11.9. The van der Waals surface area contributed by atoms with E-state index in [4.69, 9.17) is 9.11 Å². The van der Waals surface area contributed by atoms with Gasteiger partial charge in [-0.2, -0.15) is 16.8 Å². The maximum Gasteiger partial charge on any atom is 0.261 e. The number of aromatic hydroxyl groups is 2. The number of aryl methyl sites for hydroxylation is 2. The van der Waals surface area contributed by atoms with Gasteiger partial charge in [0.2, 0.25) is 0 Å². The molecule has 280 valence electrons. The number of nitrogens with one attached hydrogen (secondary N) is 2. The fraction of sp³-hybridized carbons (Fsp3) is 0.278. The van der Waals surface area contributed by atoms with Gasteiger partial charge in [0.05, 0.1) is 38.7 Å². The fourth-order valence-corrected chi connectivity index (χ4v) is 4.84. The zero-order valence-corrected chi connectivity index (χ0v) is 31.1. The van der Waals surface area contributed by atoms with Gasteiger partial charge in [-0.25, -0.2) is 0 Å². The van der Waals surface area contributed by atoms with E-state index in [2.05, 4.69) is 92.8 Å². The van der Waals surface area contributed by atoms with Crippen molar-refractivity contribution in [3.05, 3.63) is 108 Å². The number of hydrogen-bond donors (Lipinski definition) is 6. The molecule has 0 saturated heterocycles. The Balaban J connectivity index is 0.000000223. The van der Waals surface area contributed by atoms with E-state index in [9.17, 15) is 27.0 Å². The molecular weight excluding hydrogens is 709 g/mol. The van der Waals surface area contributed by atoms with Crippen LogP contribution in [-0.4, -0.2) is 99.6 Å². The molecule has 0 unspecified atom stereocenters. The second kappa shape index (κ2) is 19.4. The smallest absolute Gasteiger partial charge is 0.261 e. The Morgan fingerprint density at radius 1 is 0.577 bits per heavy atom. The minimum absolute atomic E-state index is 0.269. The maximum absolute atomic E-state index is 9.74. The number of benzene rings is 4. The summed E-state index contributed by atoms with van der Waals surface area (Å²) in [6.07, 6.45) is 1.43. The highest BCUT2D eigenvalue weighted by Crippen LogP contribution is 2.29. The van der Waals surface area contributed by atoms with Crippen molar-refractivity contribution in [2.75, 3.05) is 61.6 Å². The molecule has 0 aromatic heterocycles. The lowest BCUT2D eigenvalue weighted by atomic mass is 10.2. The minimum atomic E-state index is -3.67. The summed E-state index contributed by atoms with van der Waals surface area (Å²) in [6, 6.07) is 31.4. The molecule has 14 nitrogen and oxygen atoms in total. The second-order valence-corrected chi connectivity index (χ2v) is 14.8. The number of rotatable bonds is 8. The van der Waals surface area contributed by atoms with Gasteiger partial charge in [0, 0.05) is 48.0 Å². The maximum atomic E-state index is 9.74. The van der Waals surface area contributed by atoms with Crippen LogP contribution in [0.3, 0.4) is 0 Å². The van der Waals surface area contributed by atoms with E-state index < -0.39 is 20.2 Å². The number of hydrogen-bond acceptors (Lipinski definition) is 12. The molecule has 4 aromatic rings. The molecule has 0 amide bonds. The van der Waals surface area contributed by atoms with Gasteiger partial charge in [0.1, 0.15) is 23.2 Å². The van der Waals surface area contributed by atoms with E-state index in [1.807, 2.05) is 24.3 Å². The van der Waals surface area contributed by atoms with Crippen LogP contribution < -0.4 is 20.4 Å². The molecule has 0 bridgehead atoms. The third-order valence-electron chi connectivity index (χ3n) is 7.08. The average molecular weight is 755 g/mol. The quantitative estimate of drug-likeness (QED) is 0.136. The van der Waals surface area contributed by atoms with Crippen LogP contribution in [0.15, 0.2) is 107 Å². The normalized spacial score (nSPS) is 13.3. The summed E-state index contributed by atoms with van der Waals surface area (Å²) < 4.78 is 51.7. The number of aliphatic imine (C=N–C) groups is 2. The third kappa shape index (κ3) is 16.2. The fourth-order valence-electron chi connectivity index (χ4n) is 4.84. The van der Waals surface area contributed by atoms with E-state index in [0.717, 1.165) is 60.6 Å². The number of phenolic OH excluding ortho intramolecular Hbond substituents is 2. The van der Waals surface area contributed by atoms with Crippen molar-refractivity contribution in [1.82, 2.24) is 10.6 Å². The monoisotopic (exact) mass is 754 g/mol. The molecule has 52 heavy (non-hydrogen) atoms. The van der Waals surface area contributed by atoms with Crippen LogP contribution in [0.25, 0.3) is 0 Å². The summed E-state index contributed by atoms with van der Waals surface area (Å²) in [5, 5.41) is 26.1. The molecule has 2 aliphatic heterocycles. The molecule has 0 radical (unpaired) electrons.